The molecule has 0 radical (unpaired) electrons. The maximum atomic E-state index is 10.6. The van der Waals surface area contributed by atoms with Gasteiger partial charge in [-0.05, 0) is 37.1 Å². The molecule has 2 N–H and O–H groups in total. The predicted octanol–water partition coefficient (Wildman–Crippen LogP) is 5.65. The first-order chi connectivity index (χ1) is 13.6. The summed E-state index contributed by atoms with van der Waals surface area (Å²) in [5.41, 5.74) is 6.71. The average molecular weight is 370 g/mol. The fourth-order valence-corrected chi connectivity index (χ4v) is 3.23. The zero-order valence-corrected chi connectivity index (χ0v) is 15.9. The highest BCUT2D eigenvalue weighted by atomic mass is 16.5. The Labute approximate surface area is 164 Å². The first kappa shape index (κ1) is 17.9. The van der Waals surface area contributed by atoms with Gasteiger partial charge in [-0.15, -0.1) is 0 Å². The molecule has 0 atom stereocenters. The molecule has 3 aromatic carbocycles. The smallest absolute Gasteiger partial charge is 0.128 e. The number of aromatic hydroxyl groups is 1. The van der Waals surface area contributed by atoms with Crippen LogP contribution in [0.2, 0.25) is 0 Å². The number of ether oxygens (including phenoxy) is 1. The minimum Gasteiger partial charge on any atom is -0.507 e. The van der Waals surface area contributed by atoms with E-state index in [1.165, 1.54) is 5.56 Å². The van der Waals surface area contributed by atoms with Crippen molar-refractivity contribution in [3.63, 3.8) is 0 Å². The Morgan fingerprint density at radius 3 is 2.39 bits per heavy atom. The van der Waals surface area contributed by atoms with E-state index in [9.17, 15) is 5.11 Å². The van der Waals surface area contributed by atoms with Crippen LogP contribution in [0.3, 0.4) is 0 Å². The van der Waals surface area contributed by atoms with Crippen molar-refractivity contribution in [2.45, 2.75) is 20.5 Å². The molecule has 0 unspecified atom stereocenters. The van der Waals surface area contributed by atoms with Gasteiger partial charge in [0.05, 0.1) is 0 Å². The molecule has 4 nitrogen and oxygen atoms in total. The van der Waals surface area contributed by atoms with Crippen LogP contribution in [0, 0.1) is 13.8 Å². The van der Waals surface area contributed by atoms with Gasteiger partial charge in [0, 0.05) is 22.9 Å². The van der Waals surface area contributed by atoms with E-state index in [1.54, 1.807) is 6.07 Å². The molecule has 28 heavy (non-hydrogen) atoms. The van der Waals surface area contributed by atoms with Crippen LogP contribution in [0.5, 0.6) is 11.5 Å². The van der Waals surface area contributed by atoms with Crippen LogP contribution in [0.15, 0.2) is 72.8 Å². The minimum atomic E-state index is 0.144. The lowest BCUT2D eigenvalue weighted by Crippen LogP contribution is -1.95. The number of nitrogens with zero attached hydrogens (tertiary/aromatic N) is 1. The monoisotopic (exact) mass is 370 g/mol. The third kappa shape index (κ3) is 3.62. The van der Waals surface area contributed by atoms with E-state index in [1.807, 2.05) is 61.5 Å². The van der Waals surface area contributed by atoms with Crippen LogP contribution >= 0.6 is 0 Å². The normalized spacial score (nSPS) is 10.8. The van der Waals surface area contributed by atoms with E-state index in [0.717, 1.165) is 28.1 Å². The van der Waals surface area contributed by atoms with Gasteiger partial charge in [-0.3, -0.25) is 5.10 Å². The molecular weight excluding hydrogens is 348 g/mol. The third-order valence-corrected chi connectivity index (χ3v) is 4.76. The number of H-pyrrole nitrogens is 1. The zero-order chi connectivity index (χ0) is 19.5. The summed E-state index contributed by atoms with van der Waals surface area (Å²) in [5, 5.41) is 18.1. The van der Waals surface area contributed by atoms with E-state index in [-0.39, 0.29) is 5.75 Å². The summed E-state index contributed by atoms with van der Waals surface area (Å²) in [6.45, 7) is 4.49. The Balaban J connectivity index is 1.60. The second kappa shape index (κ2) is 7.61. The number of rotatable bonds is 5. The van der Waals surface area contributed by atoms with Crippen LogP contribution in [0.25, 0.3) is 22.4 Å². The van der Waals surface area contributed by atoms with Gasteiger partial charge >= 0.3 is 0 Å². The Kier molecular flexibility index (Phi) is 4.85. The van der Waals surface area contributed by atoms with Crippen molar-refractivity contribution in [3.8, 4) is 33.9 Å². The molecule has 0 aliphatic heterocycles. The van der Waals surface area contributed by atoms with Gasteiger partial charge in [0.15, 0.2) is 0 Å². The number of hydrogen-bond donors (Lipinski definition) is 2. The molecule has 4 aromatic rings. The predicted molar refractivity (Wildman–Crippen MR) is 111 cm³/mol. The lowest BCUT2D eigenvalue weighted by atomic mass is 9.99. The Hall–Kier alpha value is -3.53. The maximum absolute atomic E-state index is 10.6. The molecule has 1 heterocycles. The number of hydrogen-bond acceptors (Lipinski definition) is 3. The van der Waals surface area contributed by atoms with Crippen molar-refractivity contribution in [3.05, 3.63) is 89.6 Å². The number of aryl methyl sites for hydroxylation is 2. The number of aromatic nitrogens is 2. The van der Waals surface area contributed by atoms with Crippen molar-refractivity contribution in [1.29, 1.82) is 0 Å². The van der Waals surface area contributed by atoms with E-state index >= 15 is 0 Å². The molecule has 4 heteroatoms. The van der Waals surface area contributed by atoms with Gasteiger partial charge in [0.25, 0.3) is 0 Å². The summed E-state index contributed by atoms with van der Waals surface area (Å²) in [7, 11) is 0. The topological polar surface area (TPSA) is 58.1 Å². The molecule has 0 amide bonds. The summed E-state index contributed by atoms with van der Waals surface area (Å²) >= 11 is 0. The van der Waals surface area contributed by atoms with Crippen molar-refractivity contribution in [2.24, 2.45) is 0 Å². The van der Waals surface area contributed by atoms with E-state index in [4.69, 9.17) is 4.74 Å². The standard InChI is InChI=1S/C24H22N2O2/c1-16-8-10-18(11-9-16)15-28-20-12-13-21(22(27)14-20)24-23(17(2)25-26-24)19-6-4-3-5-7-19/h3-14,27H,15H2,1-2H3,(H,25,26). The van der Waals surface area contributed by atoms with Gasteiger partial charge in [-0.1, -0.05) is 60.2 Å². The second-order valence-electron chi connectivity index (χ2n) is 6.89. The van der Waals surface area contributed by atoms with Gasteiger partial charge in [-0.2, -0.15) is 5.10 Å². The Bertz CT molecular complexity index is 1080. The SMILES string of the molecule is Cc1ccc(COc2ccc(-c3n[nH]c(C)c3-c3ccccc3)c(O)c2)cc1. The molecular formula is C24H22N2O2. The number of phenols is 1. The quantitative estimate of drug-likeness (QED) is 0.477. The molecule has 0 bridgehead atoms. The van der Waals surface area contributed by atoms with Gasteiger partial charge in [0.1, 0.15) is 23.8 Å². The summed E-state index contributed by atoms with van der Waals surface area (Å²) in [6.07, 6.45) is 0. The summed E-state index contributed by atoms with van der Waals surface area (Å²) in [6, 6.07) is 23.6. The summed E-state index contributed by atoms with van der Waals surface area (Å²) in [4.78, 5) is 0. The number of phenolic OH excluding ortho intramolecular Hbond substituents is 1. The van der Waals surface area contributed by atoms with E-state index in [2.05, 4.69) is 29.3 Å². The van der Waals surface area contributed by atoms with Crippen molar-refractivity contribution < 1.29 is 9.84 Å². The minimum absolute atomic E-state index is 0.144. The van der Waals surface area contributed by atoms with Crippen molar-refractivity contribution in [1.82, 2.24) is 10.2 Å². The molecule has 0 aliphatic carbocycles. The summed E-state index contributed by atoms with van der Waals surface area (Å²) in [5.74, 6) is 0.764. The van der Waals surface area contributed by atoms with E-state index in [0.29, 0.717) is 17.9 Å². The van der Waals surface area contributed by atoms with Crippen LogP contribution < -0.4 is 4.74 Å². The lowest BCUT2D eigenvalue weighted by molar-refractivity contribution is 0.304. The van der Waals surface area contributed by atoms with Gasteiger partial charge in [-0.25, -0.2) is 0 Å². The highest BCUT2D eigenvalue weighted by Gasteiger charge is 2.17. The lowest BCUT2D eigenvalue weighted by Gasteiger charge is -2.10. The van der Waals surface area contributed by atoms with Crippen LogP contribution in [0.4, 0.5) is 0 Å². The van der Waals surface area contributed by atoms with E-state index < -0.39 is 0 Å². The van der Waals surface area contributed by atoms with Crippen molar-refractivity contribution in [2.75, 3.05) is 0 Å². The number of benzene rings is 3. The zero-order valence-electron chi connectivity index (χ0n) is 15.9. The van der Waals surface area contributed by atoms with Crippen molar-refractivity contribution >= 4 is 0 Å². The highest BCUT2D eigenvalue weighted by molar-refractivity contribution is 5.85. The Morgan fingerprint density at radius 1 is 0.929 bits per heavy atom. The third-order valence-electron chi connectivity index (χ3n) is 4.76. The number of aromatic amines is 1. The fraction of sp³-hybridized carbons (Fsp3) is 0.125. The summed E-state index contributed by atoms with van der Waals surface area (Å²) < 4.78 is 5.84. The van der Waals surface area contributed by atoms with Crippen LogP contribution in [-0.4, -0.2) is 15.3 Å². The Morgan fingerprint density at radius 2 is 1.68 bits per heavy atom. The van der Waals surface area contributed by atoms with Gasteiger partial charge in [0.2, 0.25) is 0 Å². The molecule has 4 rings (SSSR count). The second-order valence-corrected chi connectivity index (χ2v) is 6.89. The molecule has 0 saturated heterocycles. The van der Waals surface area contributed by atoms with Crippen LogP contribution in [0.1, 0.15) is 16.8 Å². The molecule has 1 aromatic heterocycles. The average Bonchev–Trinajstić information content (AvgIpc) is 3.09. The highest BCUT2D eigenvalue weighted by Crippen LogP contribution is 2.38. The largest absolute Gasteiger partial charge is 0.507 e. The molecule has 140 valence electrons. The molecule has 0 fully saturated rings. The molecule has 0 aliphatic rings. The first-order valence-corrected chi connectivity index (χ1v) is 9.24. The first-order valence-electron chi connectivity index (χ1n) is 9.24. The molecule has 0 saturated carbocycles. The maximum Gasteiger partial charge on any atom is 0.128 e. The van der Waals surface area contributed by atoms with Crippen LogP contribution in [-0.2, 0) is 6.61 Å². The number of nitrogens with one attached hydrogen (secondary N) is 1. The van der Waals surface area contributed by atoms with Gasteiger partial charge < -0.3 is 9.84 Å². The fourth-order valence-electron chi connectivity index (χ4n) is 3.23. The molecule has 0 spiro atoms.